The maximum atomic E-state index is 12.9. The van der Waals surface area contributed by atoms with Crippen molar-refractivity contribution in [2.24, 2.45) is 0 Å². The summed E-state index contributed by atoms with van der Waals surface area (Å²) >= 11 is 0. The molecular weight excluding hydrogens is 792 g/mol. The van der Waals surface area contributed by atoms with Crippen LogP contribution in [-0.2, 0) is 38.0 Å². The van der Waals surface area contributed by atoms with Crippen LogP contribution in [0.15, 0.2) is 12.2 Å². The Balaban J connectivity index is 1.85. The molecule has 2 saturated heterocycles. The minimum atomic E-state index is -1.76. The number of esters is 2. The van der Waals surface area contributed by atoms with Gasteiger partial charge >= 0.3 is 11.9 Å². The zero-order chi connectivity index (χ0) is 44.7. The van der Waals surface area contributed by atoms with Gasteiger partial charge in [-0.25, -0.2) is 0 Å². The molecule has 358 valence electrons. The smallest absolute Gasteiger partial charge is 0.306 e. The van der Waals surface area contributed by atoms with Gasteiger partial charge < -0.3 is 64.2 Å². The van der Waals surface area contributed by atoms with Gasteiger partial charge in [0.15, 0.2) is 18.7 Å². The van der Waals surface area contributed by atoms with Crippen molar-refractivity contribution in [3.8, 4) is 0 Å². The van der Waals surface area contributed by atoms with Crippen molar-refractivity contribution in [3.05, 3.63) is 12.2 Å². The van der Waals surface area contributed by atoms with Gasteiger partial charge in [-0.05, 0) is 38.5 Å². The SMILES string of the molecule is CCCCCC/C=C/CCCCCCCC(=O)O[C@H](COC(=O)CCCCCCCCCCCCCC)CO[C@@H]1O[C@H](CO[C@@H]2O[C@H](CO)[C@H](O)C(O)C2O)[C@H](O)C(O)C1O. The first-order valence-electron chi connectivity index (χ1n) is 23.8. The fourth-order valence-corrected chi connectivity index (χ4v) is 7.50. The number of carbonyl (C=O) groups excluding carboxylic acids is 2. The summed E-state index contributed by atoms with van der Waals surface area (Å²) in [6.45, 7) is 2.55. The lowest BCUT2D eigenvalue weighted by molar-refractivity contribution is -0.332. The molecule has 15 heteroatoms. The predicted octanol–water partition coefficient (Wildman–Crippen LogP) is 5.43. The minimum absolute atomic E-state index is 0.159. The van der Waals surface area contributed by atoms with Crippen LogP contribution in [0.4, 0.5) is 0 Å². The zero-order valence-electron chi connectivity index (χ0n) is 37.4. The molecule has 2 aliphatic rings. The molecule has 11 atom stereocenters. The van der Waals surface area contributed by atoms with Crippen LogP contribution in [0.3, 0.4) is 0 Å². The van der Waals surface area contributed by atoms with Gasteiger partial charge in [0.25, 0.3) is 0 Å². The van der Waals surface area contributed by atoms with E-state index in [-0.39, 0.29) is 26.1 Å². The molecule has 2 aliphatic heterocycles. The normalized spacial score (nSPS) is 27.4. The van der Waals surface area contributed by atoms with E-state index in [9.17, 15) is 45.3 Å². The van der Waals surface area contributed by atoms with E-state index < -0.39 is 92.7 Å². The molecule has 0 aliphatic carbocycles. The molecule has 4 unspecified atom stereocenters. The number of allylic oxidation sites excluding steroid dienone is 2. The van der Waals surface area contributed by atoms with Gasteiger partial charge in [-0.3, -0.25) is 9.59 Å². The van der Waals surface area contributed by atoms with Crippen molar-refractivity contribution in [2.75, 3.05) is 26.4 Å². The largest absolute Gasteiger partial charge is 0.462 e. The average molecular weight is 877 g/mol. The molecule has 61 heavy (non-hydrogen) atoms. The first-order chi connectivity index (χ1) is 29.5. The second-order valence-corrected chi connectivity index (χ2v) is 16.9. The van der Waals surface area contributed by atoms with Crippen LogP contribution in [0.25, 0.3) is 0 Å². The Morgan fingerprint density at radius 2 is 0.934 bits per heavy atom. The summed E-state index contributed by atoms with van der Waals surface area (Å²) < 4.78 is 33.5. The summed E-state index contributed by atoms with van der Waals surface area (Å²) in [5, 5.41) is 71.9. The number of hydrogen-bond acceptors (Lipinski definition) is 15. The molecule has 0 bridgehead atoms. The second-order valence-electron chi connectivity index (χ2n) is 16.9. The molecule has 0 aromatic heterocycles. The van der Waals surface area contributed by atoms with Crippen LogP contribution in [0.5, 0.6) is 0 Å². The molecular formula is C46H84O15. The van der Waals surface area contributed by atoms with Gasteiger partial charge in [0.2, 0.25) is 0 Å². The van der Waals surface area contributed by atoms with Gasteiger partial charge in [-0.1, -0.05) is 135 Å². The van der Waals surface area contributed by atoms with Crippen molar-refractivity contribution in [1.29, 1.82) is 0 Å². The molecule has 2 heterocycles. The molecule has 0 saturated carbocycles. The van der Waals surface area contributed by atoms with Gasteiger partial charge in [-0.15, -0.1) is 0 Å². The Morgan fingerprint density at radius 1 is 0.508 bits per heavy atom. The highest BCUT2D eigenvalue weighted by molar-refractivity contribution is 5.70. The quantitative estimate of drug-likeness (QED) is 0.0236. The fraction of sp³-hybridized carbons (Fsp3) is 0.913. The number of aliphatic hydroxyl groups is 7. The van der Waals surface area contributed by atoms with Crippen molar-refractivity contribution >= 4 is 11.9 Å². The van der Waals surface area contributed by atoms with E-state index in [2.05, 4.69) is 26.0 Å². The molecule has 0 radical (unpaired) electrons. The summed E-state index contributed by atoms with van der Waals surface area (Å²) in [7, 11) is 0. The first kappa shape index (κ1) is 55.4. The third-order valence-electron chi connectivity index (χ3n) is 11.5. The molecule has 2 fully saturated rings. The molecule has 2 rings (SSSR count). The Bertz CT molecular complexity index is 1120. The number of unbranched alkanes of at least 4 members (excludes halogenated alkanes) is 20. The molecule has 15 nitrogen and oxygen atoms in total. The topological polar surface area (TPSA) is 231 Å². The summed E-state index contributed by atoms with van der Waals surface area (Å²) in [6.07, 6.45) is 13.9. The average Bonchev–Trinajstić information content (AvgIpc) is 3.25. The summed E-state index contributed by atoms with van der Waals surface area (Å²) in [5.41, 5.74) is 0. The Labute approximate surface area is 365 Å². The summed E-state index contributed by atoms with van der Waals surface area (Å²) in [6, 6.07) is 0. The molecule has 0 aromatic rings. The number of carbonyl (C=O) groups is 2. The molecule has 0 amide bonds. The van der Waals surface area contributed by atoms with E-state index in [1.165, 1.54) is 77.0 Å². The highest BCUT2D eigenvalue weighted by Crippen LogP contribution is 2.26. The standard InChI is InChI=1S/C46H84O15/c1-3-5-7-9-11-13-15-17-19-21-23-25-27-29-38(49)59-34(31-56-37(48)28-26-24-22-20-18-16-14-12-10-8-6-4-2)32-57-45-44(55)42(53)40(51)36(61-45)33-58-46-43(54)41(52)39(50)35(30-47)60-46/h13,15,34-36,39-47,50-55H,3-12,14,16-33H2,1-2H3/b15-13+/t34-,35-,36-,39+,40+,41?,42?,43?,44?,45-,46-/m1/s1. The lowest BCUT2D eigenvalue weighted by Gasteiger charge is -2.42. The van der Waals surface area contributed by atoms with Crippen LogP contribution in [0, 0.1) is 0 Å². The van der Waals surface area contributed by atoms with Crippen molar-refractivity contribution in [3.63, 3.8) is 0 Å². The monoisotopic (exact) mass is 877 g/mol. The van der Waals surface area contributed by atoms with Crippen LogP contribution >= 0.6 is 0 Å². The van der Waals surface area contributed by atoms with E-state index in [0.717, 1.165) is 57.8 Å². The number of aliphatic hydroxyl groups excluding tert-OH is 7. The van der Waals surface area contributed by atoms with E-state index in [4.69, 9.17) is 28.4 Å². The fourth-order valence-electron chi connectivity index (χ4n) is 7.50. The minimum Gasteiger partial charge on any atom is -0.462 e. The van der Waals surface area contributed by atoms with Crippen LogP contribution in [0.1, 0.15) is 174 Å². The Morgan fingerprint density at radius 3 is 1.46 bits per heavy atom. The molecule has 0 aromatic carbocycles. The highest BCUT2D eigenvalue weighted by atomic mass is 16.7. The Hall–Kier alpha value is -1.76. The van der Waals surface area contributed by atoms with Crippen molar-refractivity contribution < 1.29 is 73.8 Å². The number of ether oxygens (including phenoxy) is 6. The molecule has 0 spiro atoms. The van der Waals surface area contributed by atoms with Crippen LogP contribution in [-0.4, -0.2) is 142 Å². The van der Waals surface area contributed by atoms with E-state index >= 15 is 0 Å². The second kappa shape index (κ2) is 34.6. The third-order valence-corrected chi connectivity index (χ3v) is 11.5. The lowest BCUT2D eigenvalue weighted by atomic mass is 9.98. The highest BCUT2D eigenvalue weighted by Gasteiger charge is 2.47. The van der Waals surface area contributed by atoms with Crippen LogP contribution < -0.4 is 0 Å². The van der Waals surface area contributed by atoms with Gasteiger partial charge in [0.1, 0.15) is 55.4 Å². The van der Waals surface area contributed by atoms with E-state index in [1.54, 1.807) is 0 Å². The maximum Gasteiger partial charge on any atom is 0.306 e. The van der Waals surface area contributed by atoms with Gasteiger partial charge in [-0.2, -0.15) is 0 Å². The zero-order valence-corrected chi connectivity index (χ0v) is 37.4. The number of hydrogen-bond donors (Lipinski definition) is 7. The Kier molecular flexibility index (Phi) is 31.4. The maximum absolute atomic E-state index is 12.9. The van der Waals surface area contributed by atoms with Crippen molar-refractivity contribution in [2.45, 2.75) is 242 Å². The summed E-state index contributed by atoms with van der Waals surface area (Å²) in [4.78, 5) is 25.6. The van der Waals surface area contributed by atoms with Crippen LogP contribution in [0.2, 0.25) is 0 Å². The van der Waals surface area contributed by atoms with Gasteiger partial charge in [0, 0.05) is 12.8 Å². The third kappa shape index (κ3) is 23.7. The number of rotatable bonds is 36. The van der Waals surface area contributed by atoms with E-state index in [0.29, 0.717) is 12.8 Å². The lowest BCUT2D eigenvalue weighted by Crippen LogP contribution is -2.61. The van der Waals surface area contributed by atoms with Gasteiger partial charge in [0.05, 0.1) is 19.8 Å². The van der Waals surface area contributed by atoms with E-state index in [1.807, 2.05) is 0 Å². The predicted molar refractivity (Wildman–Crippen MR) is 229 cm³/mol. The molecule has 7 N–H and O–H groups in total. The summed E-state index contributed by atoms with van der Waals surface area (Å²) in [5.74, 6) is -0.930. The first-order valence-corrected chi connectivity index (χ1v) is 23.8. The van der Waals surface area contributed by atoms with Crippen molar-refractivity contribution in [1.82, 2.24) is 0 Å².